The SMILES string of the molecule is CCC(C)[N-]CCCC1=CC=CC1.C[N-]C.C[N-]C.[CH3-].[Zr+4]. The minimum absolute atomic E-state index is 0. The smallest absolute Gasteiger partial charge is 0.668 e. The van der Waals surface area contributed by atoms with E-state index in [0.29, 0.717) is 6.04 Å². The largest absolute Gasteiger partial charge is 4.00 e. The van der Waals surface area contributed by atoms with Crippen LogP contribution in [0.2, 0.25) is 0 Å². The number of hydrogen-bond donors (Lipinski definition) is 0. The second-order valence-electron chi connectivity index (χ2n) is 4.62. The summed E-state index contributed by atoms with van der Waals surface area (Å²) in [6.07, 6.45) is 11.4. The number of allylic oxidation sites excluding steroid dienone is 4. The van der Waals surface area contributed by atoms with Crippen LogP contribution in [-0.4, -0.2) is 40.8 Å². The number of nitrogens with zero attached hydrogens (tertiary/aromatic N) is 3. The molecule has 1 aliphatic carbocycles. The molecule has 0 radical (unpaired) electrons. The second-order valence-corrected chi connectivity index (χ2v) is 4.62. The molecule has 0 fully saturated rings. The topological polar surface area (TPSA) is 42.3 Å². The van der Waals surface area contributed by atoms with Crippen molar-refractivity contribution in [3.8, 4) is 0 Å². The molecular weight excluding hydrogens is 337 g/mol. The van der Waals surface area contributed by atoms with Crippen LogP contribution in [0.15, 0.2) is 23.8 Å². The van der Waals surface area contributed by atoms with E-state index >= 15 is 0 Å². The third kappa shape index (κ3) is 25.5. The van der Waals surface area contributed by atoms with Crippen molar-refractivity contribution < 1.29 is 26.2 Å². The van der Waals surface area contributed by atoms with Crippen LogP contribution in [0, 0.1) is 7.43 Å². The van der Waals surface area contributed by atoms with Gasteiger partial charge in [-0.1, -0.05) is 50.5 Å². The molecule has 3 nitrogen and oxygen atoms in total. The van der Waals surface area contributed by atoms with Gasteiger partial charge >= 0.3 is 26.2 Å². The molecule has 1 aliphatic rings. The predicted octanol–water partition coefficient (Wildman–Crippen LogP) is 5.51. The van der Waals surface area contributed by atoms with E-state index in [1.54, 1.807) is 33.8 Å². The minimum Gasteiger partial charge on any atom is -0.668 e. The van der Waals surface area contributed by atoms with Crippen molar-refractivity contribution in [2.24, 2.45) is 0 Å². The average Bonchev–Trinajstić information content (AvgIpc) is 2.89. The van der Waals surface area contributed by atoms with Gasteiger partial charge in [0.05, 0.1) is 0 Å². The van der Waals surface area contributed by atoms with Crippen molar-refractivity contribution in [3.63, 3.8) is 0 Å². The van der Waals surface area contributed by atoms with Gasteiger partial charge in [0, 0.05) is 0 Å². The normalized spacial score (nSPS) is 12.6. The van der Waals surface area contributed by atoms with E-state index in [0.717, 1.165) is 6.54 Å². The van der Waals surface area contributed by atoms with Crippen LogP contribution in [0.1, 0.15) is 39.5 Å². The third-order valence-corrected chi connectivity index (χ3v) is 2.54. The van der Waals surface area contributed by atoms with E-state index in [9.17, 15) is 0 Å². The Hall–Kier alpha value is 0.243. The number of hydrogen-bond acceptors (Lipinski definition) is 0. The zero-order chi connectivity index (χ0) is 14.9. The molecule has 21 heavy (non-hydrogen) atoms. The summed E-state index contributed by atoms with van der Waals surface area (Å²) in [5, 5.41) is 11.6. The summed E-state index contributed by atoms with van der Waals surface area (Å²) in [7, 11) is 7.00. The van der Waals surface area contributed by atoms with Crippen LogP contribution in [0.3, 0.4) is 0 Å². The molecule has 0 heterocycles. The van der Waals surface area contributed by atoms with Gasteiger partial charge in [-0.25, -0.2) is 0 Å². The Morgan fingerprint density at radius 3 is 2.05 bits per heavy atom. The summed E-state index contributed by atoms with van der Waals surface area (Å²) in [4.78, 5) is 0. The predicted molar refractivity (Wildman–Crippen MR) is 95.9 cm³/mol. The van der Waals surface area contributed by atoms with Crippen LogP contribution >= 0.6 is 0 Å². The molecular formula is C17H35N3Zr. The Kier molecular flexibility index (Phi) is 35.1. The molecule has 1 rings (SSSR count). The van der Waals surface area contributed by atoms with Crippen molar-refractivity contribution in [2.75, 3.05) is 34.7 Å². The van der Waals surface area contributed by atoms with Gasteiger partial charge in [0.25, 0.3) is 0 Å². The van der Waals surface area contributed by atoms with Crippen molar-refractivity contribution in [2.45, 2.75) is 45.6 Å². The van der Waals surface area contributed by atoms with Gasteiger partial charge in [0.15, 0.2) is 0 Å². The standard InChI is InChI=1S/C12H20N.2C2H6N.CH3.Zr/c1-3-11(2)13-10-6-9-12-7-4-5-8-12;2*1-3-2;;/h4-5,7,11H,3,6,8-10H2,1-2H3;2*1-2H3;1H3;/q4*-1;+4. The molecule has 1 atom stereocenters. The Labute approximate surface area is 153 Å². The maximum absolute atomic E-state index is 4.56. The van der Waals surface area contributed by atoms with Crippen molar-refractivity contribution in [3.05, 3.63) is 47.2 Å². The Balaban J connectivity index is -0.000000157. The van der Waals surface area contributed by atoms with E-state index in [4.69, 9.17) is 0 Å². The average molecular weight is 373 g/mol. The summed E-state index contributed by atoms with van der Waals surface area (Å²) < 4.78 is 0. The van der Waals surface area contributed by atoms with Gasteiger partial charge in [-0.15, -0.1) is 12.6 Å². The summed E-state index contributed by atoms with van der Waals surface area (Å²) in [6, 6.07) is 0.552. The quantitative estimate of drug-likeness (QED) is 0.435. The summed E-state index contributed by atoms with van der Waals surface area (Å²) in [5.74, 6) is 0. The first kappa shape index (κ1) is 29.3. The Bertz CT molecular complexity index is 226. The third-order valence-electron chi connectivity index (χ3n) is 2.54. The summed E-state index contributed by atoms with van der Waals surface area (Å²) in [6.45, 7) is 5.42. The van der Waals surface area contributed by atoms with E-state index in [1.165, 1.54) is 25.7 Å². The molecule has 0 saturated carbocycles. The fraction of sp³-hybridized carbons (Fsp3) is 0.706. The van der Waals surface area contributed by atoms with Crippen LogP contribution in [0.25, 0.3) is 16.0 Å². The zero-order valence-electron chi connectivity index (χ0n) is 15.2. The monoisotopic (exact) mass is 371 g/mol. The first-order chi connectivity index (χ1) is 9.15. The molecule has 0 aliphatic heterocycles. The van der Waals surface area contributed by atoms with Crippen molar-refractivity contribution >= 4 is 0 Å². The molecule has 0 aromatic heterocycles. The van der Waals surface area contributed by atoms with Crippen LogP contribution < -0.4 is 0 Å². The minimum atomic E-state index is 0. The Morgan fingerprint density at radius 1 is 1.14 bits per heavy atom. The van der Waals surface area contributed by atoms with Gasteiger partial charge in [-0.05, 0) is 12.8 Å². The summed E-state index contributed by atoms with van der Waals surface area (Å²) >= 11 is 0. The fourth-order valence-electron chi connectivity index (χ4n) is 1.42. The molecule has 0 bridgehead atoms. The molecule has 0 amide bonds. The van der Waals surface area contributed by atoms with Crippen LogP contribution in [-0.2, 0) is 26.2 Å². The van der Waals surface area contributed by atoms with Crippen LogP contribution in [0.4, 0.5) is 0 Å². The van der Waals surface area contributed by atoms with E-state index < -0.39 is 0 Å². The van der Waals surface area contributed by atoms with Crippen LogP contribution in [0.5, 0.6) is 0 Å². The van der Waals surface area contributed by atoms with E-state index in [-0.39, 0.29) is 33.6 Å². The van der Waals surface area contributed by atoms with Gasteiger partial charge < -0.3 is 23.4 Å². The van der Waals surface area contributed by atoms with E-state index in [2.05, 4.69) is 48.0 Å². The Morgan fingerprint density at radius 2 is 1.67 bits per heavy atom. The molecule has 122 valence electrons. The molecule has 0 spiro atoms. The first-order valence-corrected chi connectivity index (χ1v) is 7.13. The molecule has 0 aromatic carbocycles. The maximum Gasteiger partial charge on any atom is 4.00 e. The maximum atomic E-state index is 4.56. The number of rotatable bonds is 6. The van der Waals surface area contributed by atoms with Crippen molar-refractivity contribution in [1.29, 1.82) is 0 Å². The first-order valence-electron chi connectivity index (χ1n) is 7.13. The fourth-order valence-corrected chi connectivity index (χ4v) is 1.42. The van der Waals surface area contributed by atoms with Gasteiger partial charge in [-0.3, -0.25) is 0 Å². The van der Waals surface area contributed by atoms with Gasteiger partial charge in [0.2, 0.25) is 0 Å². The van der Waals surface area contributed by atoms with Gasteiger partial charge in [0.1, 0.15) is 0 Å². The van der Waals surface area contributed by atoms with Crippen molar-refractivity contribution in [1.82, 2.24) is 0 Å². The molecule has 0 aromatic rings. The molecule has 1 unspecified atom stereocenters. The molecule has 0 saturated heterocycles. The summed E-state index contributed by atoms with van der Waals surface area (Å²) in [5.41, 5.74) is 1.57. The zero-order valence-corrected chi connectivity index (χ0v) is 17.6. The van der Waals surface area contributed by atoms with E-state index in [1.807, 2.05) is 0 Å². The molecule has 0 N–H and O–H groups in total. The molecule has 4 heteroatoms. The van der Waals surface area contributed by atoms with Gasteiger partial charge in [-0.2, -0.15) is 28.2 Å². The second kappa shape index (κ2) is 25.2.